The van der Waals surface area contributed by atoms with Gasteiger partial charge < -0.3 is 9.64 Å². The Hall–Kier alpha value is -1.39. The number of hydrogen-bond acceptors (Lipinski definition) is 4. The van der Waals surface area contributed by atoms with Gasteiger partial charge in [-0.25, -0.2) is 0 Å². The van der Waals surface area contributed by atoms with Crippen molar-refractivity contribution in [2.45, 2.75) is 19.8 Å². The van der Waals surface area contributed by atoms with Gasteiger partial charge in [0.05, 0.1) is 17.7 Å². The van der Waals surface area contributed by atoms with Crippen molar-refractivity contribution in [2.24, 2.45) is 0 Å². The van der Waals surface area contributed by atoms with E-state index in [9.17, 15) is 4.79 Å². The highest BCUT2D eigenvalue weighted by atomic mass is 35.5. The van der Waals surface area contributed by atoms with Gasteiger partial charge in [0.1, 0.15) is 5.75 Å². The molecule has 5 heteroatoms. The van der Waals surface area contributed by atoms with Crippen LogP contribution in [0.4, 0.5) is 0 Å². The second-order valence-electron chi connectivity index (χ2n) is 4.64. The molecule has 1 aliphatic rings. The standard InChI is InChI=1S/C16H18ClNO2S/c1-3-4-7-18-8-9-21-16(18)11-14(19)13-10-12(17)5-6-15(13)20-2/h5-6,8-11H,3-4,7H2,1-2H3/b16-11-. The zero-order chi connectivity index (χ0) is 15.2. The number of allylic oxidation sites excluding steroid dienone is 1. The zero-order valence-corrected chi connectivity index (χ0v) is 13.7. The highest BCUT2D eigenvalue weighted by Gasteiger charge is 2.16. The van der Waals surface area contributed by atoms with Crippen molar-refractivity contribution in [2.75, 3.05) is 13.7 Å². The van der Waals surface area contributed by atoms with E-state index >= 15 is 0 Å². The van der Waals surface area contributed by atoms with Gasteiger partial charge in [-0.3, -0.25) is 4.79 Å². The second kappa shape index (κ2) is 7.57. The van der Waals surface area contributed by atoms with Crippen molar-refractivity contribution in [3.8, 4) is 5.75 Å². The molecule has 1 aliphatic heterocycles. The molecule has 0 spiro atoms. The van der Waals surface area contributed by atoms with Crippen molar-refractivity contribution >= 4 is 29.1 Å². The third-order valence-corrected chi connectivity index (χ3v) is 4.23. The minimum absolute atomic E-state index is 0.0953. The molecule has 0 amide bonds. The molecule has 21 heavy (non-hydrogen) atoms. The summed E-state index contributed by atoms with van der Waals surface area (Å²) in [7, 11) is 1.55. The molecule has 0 aromatic heterocycles. The summed E-state index contributed by atoms with van der Waals surface area (Å²) >= 11 is 7.53. The smallest absolute Gasteiger partial charge is 0.192 e. The predicted molar refractivity (Wildman–Crippen MR) is 88.8 cm³/mol. The van der Waals surface area contributed by atoms with E-state index in [1.54, 1.807) is 43.1 Å². The van der Waals surface area contributed by atoms with Crippen LogP contribution < -0.4 is 4.74 Å². The first kappa shape index (κ1) is 16.0. The molecule has 0 saturated heterocycles. The lowest BCUT2D eigenvalue weighted by Gasteiger charge is -2.17. The fraction of sp³-hybridized carbons (Fsp3) is 0.312. The summed E-state index contributed by atoms with van der Waals surface area (Å²) in [6.07, 6.45) is 5.87. The molecule has 0 unspecified atom stereocenters. The van der Waals surface area contributed by atoms with Crippen LogP contribution in [0.2, 0.25) is 5.02 Å². The summed E-state index contributed by atoms with van der Waals surface area (Å²) in [6.45, 7) is 3.07. The first-order chi connectivity index (χ1) is 10.2. The van der Waals surface area contributed by atoms with Gasteiger partial charge >= 0.3 is 0 Å². The number of nitrogens with zero attached hydrogens (tertiary/aromatic N) is 1. The average molecular weight is 324 g/mol. The summed E-state index contributed by atoms with van der Waals surface area (Å²) in [4.78, 5) is 14.6. The Kier molecular flexibility index (Phi) is 5.76. The fourth-order valence-corrected chi connectivity index (χ4v) is 2.99. The van der Waals surface area contributed by atoms with Crippen LogP contribution in [0.1, 0.15) is 30.1 Å². The predicted octanol–water partition coefficient (Wildman–Crippen LogP) is 4.69. The van der Waals surface area contributed by atoms with E-state index in [4.69, 9.17) is 16.3 Å². The SMILES string of the molecule is CCCCN1C=CS/C1=C\C(=O)c1cc(Cl)ccc1OC. The van der Waals surface area contributed by atoms with Crippen LogP contribution in [-0.2, 0) is 0 Å². The van der Waals surface area contributed by atoms with E-state index in [0.717, 1.165) is 24.4 Å². The lowest BCUT2D eigenvalue weighted by molar-refractivity contribution is 0.104. The molecule has 0 radical (unpaired) electrons. The number of benzene rings is 1. The van der Waals surface area contributed by atoms with E-state index in [1.165, 1.54) is 0 Å². The molecule has 2 rings (SSSR count). The first-order valence-corrected chi connectivity index (χ1v) is 8.11. The van der Waals surface area contributed by atoms with E-state index < -0.39 is 0 Å². The minimum Gasteiger partial charge on any atom is -0.496 e. The topological polar surface area (TPSA) is 29.5 Å². The molecule has 0 fully saturated rings. The van der Waals surface area contributed by atoms with Gasteiger partial charge in [0.25, 0.3) is 0 Å². The molecule has 1 heterocycles. The zero-order valence-electron chi connectivity index (χ0n) is 12.1. The Balaban J connectivity index is 2.20. The number of ketones is 1. The number of carbonyl (C=O) groups is 1. The van der Waals surface area contributed by atoms with Crippen molar-refractivity contribution in [1.29, 1.82) is 0 Å². The number of thioether (sulfide) groups is 1. The van der Waals surface area contributed by atoms with Gasteiger partial charge in [-0.05, 0) is 30.0 Å². The normalized spacial score (nSPS) is 15.8. The minimum atomic E-state index is -0.0953. The van der Waals surface area contributed by atoms with Gasteiger partial charge in [0.2, 0.25) is 0 Å². The van der Waals surface area contributed by atoms with E-state index in [2.05, 4.69) is 11.8 Å². The molecule has 0 atom stereocenters. The van der Waals surface area contributed by atoms with Crippen LogP contribution in [0, 0.1) is 0 Å². The summed E-state index contributed by atoms with van der Waals surface area (Å²) in [6, 6.07) is 5.07. The maximum absolute atomic E-state index is 12.5. The molecule has 1 aromatic carbocycles. The van der Waals surface area contributed by atoms with Crippen LogP contribution in [0.5, 0.6) is 5.75 Å². The Morgan fingerprint density at radius 3 is 3.00 bits per heavy atom. The van der Waals surface area contributed by atoms with Gasteiger partial charge in [-0.15, -0.1) is 0 Å². The van der Waals surface area contributed by atoms with Gasteiger partial charge in [-0.2, -0.15) is 0 Å². The molecular formula is C16H18ClNO2S. The number of rotatable bonds is 6. The van der Waals surface area contributed by atoms with Gasteiger partial charge in [0.15, 0.2) is 5.78 Å². The van der Waals surface area contributed by atoms with E-state index in [1.807, 2.05) is 11.6 Å². The maximum atomic E-state index is 12.5. The summed E-state index contributed by atoms with van der Waals surface area (Å²) in [5.74, 6) is 0.444. The highest BCUT2D eigenvalue weighted by molar-refractivity contribution is 8.06. The quantitative estimate of drug-likeness (QED) is 0.561. The Morgan fingerprint density at radius 1 is 1.48 bits per heavy atom. The molecule has 112 valence electrons. The van der Waals surface area contributed by atoms with Crippen LogP contribution >= 0.6 is 23.4 Å². The fourth-order valence-electron chi connectivity index (χ4n) is 2.01. The number of ether oxygens (including phenoxy) is 1. The van der Waals surface area contributed by atoms with E-state index in [-0.39, 0.29) is 5.78 Å². The first-order valence-electron chi connectivity index (χ1n) is 6.85. The van der Waals surface area contributed by atoms with Crippen LogP contribution in [0.25, 0.3) is 0 Å². The largest absolute Gasteiger partial charge is 0.496 e. The number of hydrogen-bond donors (Lipinski definition) is 0. The molecule has 0 bridgehead atoms. The third-order valence-electron chi connectivity index (χ3n) is 3.15. The Bertz CT molecular complexity index is 584. The molecule has 1 aromatic rings. The molecule has 3 nitrogen and oxygen atoms in total. The van der Waals surface area contributed by atoms with Gasteiger partial charge in [-0.1, -0.05) is 36.7 Å². The van der Waals surface area contributed by atoms with Crippen molar-refractivity contribution in [3.63, 3.8) is 0 Å². The number of halogens is 1. The summed E-state index contributed by atoms with van der Waals surface area (Å²) < 4.78 is 5.23. The summed E-state index contributed by atoms with van der Waals surface area (Å²) in [5, 5.41) is 3.46. The number of methoxy groups -OCH3 is 1. The maximum Gasteiger partial charge on any atom is 0.192 e. The molecule has 0 saturated carbocycles. The molecule has 0 aliphatic carbocycles. The lowest BCUT2D eigenvalue weighted by Crippen LogP contribution is -2.14. The highest BCUT2D eigenvalue weighted by Crippen LogP contribution is 2.31. The van der Waals surface area contributed by atoms with Crippen molar-refractivity contribution in [3.05, 3.63) is 51.5 Å². The van der Waals surface area contributed by atoms with Crippen LogP contribution in [-0.4, -0.2) is 24.3 Å². The van der Waals surface area contributed by atoms with Crippen molar-refractivity contribution in [1.82, 2.24) is 4.90 Å². The Morgan fingerprint density at radius 2 is 2.29 bits per heavy atom. The monoisotopic (exact) mass is 323 g/mol. The second-order valence-corrected chi connectivity index (χ2v) is 6.00. The van der Waals surface area contributed by atoms with Crippen molar-refractivity contribution < 1.29 is 9.53 Å². The number of carbonyl (C=O) groups excluding carboxylic acids is 1. The summed E-state index contributed by atoms with van der Waals surface area (Å²) in [5.41, 5.74) is 0.487. The molecule has 0 N–H and O–H groups in total. The van der Waals surface area contributed by atoms with Crippen LogP contribution in [0.3, 0.4) is 0 Å². The Labute approximate surface area is 134 Å². The average Bonchev–Trinajstić information content (AvgIpc) is 2.92. The van der Waals surface area contributed by atoms with Gasteiger partial charge in [0, 0.05) is 23.8 Å². The lowest BCUT2D eigenvalue weighted by atomic mass is 10.1. The number of unbranched alkanes of at least 4 members (excludes halogenated alkanes) is 1. The van der Waals surface area contributed by atoms with Crippen LogP contribution in [0.15, 0.2) is 40.9 Å². The third kappa shape index (κ3) is 4.05. The van der Waals surface area contributed by atoms with E-state index in [0.29, 0.717) is 16.3 Å². The molecular weight excluding hydrogens is 306 g/mol.